The van der Waals surface area contributed by atoms with Gasteiger partial charge in [-0.3, -0.25) is 0 Å². The molecule has 80 heavy (non-hydrogen) atoms. The van der Waals surface area contributed by atoms with Gasteiger partial charge < -0.3 is 15.3 Å². The first-order valence-corrected chi connectivity index (χ1v) is 31.2. The van der Waals surface area contributed by atoms with Crippen LogP contribution in [0.15, 0.2) is 84.4 Å². The summed E-state index contributed by atoms with van der Waals surface area (Å²) in [5, 5.41) is 9.07. The Bertz CT molecular complexity index is 2460. The topological polar surface area (TPSA) is 59.5 Å². The minimum Gasteiger partial charge on any atom is -0.870 e. The van der Waals surface area contributed by atoms with Gasteiger partial charge in [0, 0.05) is 16.7 Å². The minimum absolute atomic E-state index is 0. The number of unbranched alkanes of at least 4 members (excludes halogenated alkanes) is 4. The SMILES string of the molecule is CCCCCC1CCC(C2CC=C(C(F)(F)Oc3ccc(-c4ccc(CCC)cc4)c(F)c3F)CC2)CC1.CCCCCC1CCC(C2CCC(Br)(C(F)(F)Br)CC2)CC1.CCCc1ccc(-c2ccc(O)c(F)c2F)cc1.[K+].[OH-]. The summed E-state index contributed by atoms with van der Waals surface area (Å²) in [6.45, 7) is 8.65. The Kier molecular flexibility index (Phi) is 30.4. The third-order valence-corrected chi connectivity index (χ3v) is 20.2. The molecule has 0 aromatic heterocycles. The van der Waals surface area contributed by atoms with Crippen molar-refractivity contribution in [2.75, 3.05) is 0 Å². The predicted octanol–water partition coefficient (Wildman–Crippen LogP) is 19.5. The molecule has 2 N–H and O–H groups in total. The molecule has 4 aliphatic carbocycles. The molecule has 0 spiro atoms. The Hall–Kier alpha value is -1.78. The monoisotopic (exact) mass is 1280 g/mol. The summed E-state index contributed by atoms with van der Waals surface area (Å²) < 4.78 is 118. The van der Waals surface area contributed by atoms with Crippen molar-refractivity contribution in [3.63, 3.8) is 0 Å². The van der Waals surface area contributed by atoms with E-state index in [1.54, 1.807) is 30.3 Å². The van der Waals surface area contributed by atoms with Gasteiger partial charge in [0.05, 0.1) is 4.32 Å². The molecule has 0 saturated heterocycles. The maximum Gasteiger partial charge on any atom is 1.00 e. The number of aromatic hydroxyl groups is 1. The van der Waals surface area contributed by atoms with Crippen LogP contribution in [-0.2, 0) is 12.8 Å². The van der Waals surface area contributed by atoms with E-state index in [1.807, 2.05) is 24.3 Å². The molecule has 1 atom stereocenters. The van der Waals surface area contributed by atoms with Crippen molar-refractivity contribution in [3.05, 3.63) is 119 Å². The summed E-state index contributed by atoms with van der Waals surface area (Å²) in [5.41, 5.74) is 3.43. The second-order valence-electron chi connectivity index (χ2n) is 23.1. The number of benzene rings is 4. The van der Waals surface area contributed by atoms with E-state index in [0.717, 1.165) is 74.0 Å². The van der Waals surface area contributed by atoms with E-state index in [9.17, 15) is 26.3 Å². The number of hydrogen-bond donors (Lipinski definition) is 1. The minimum atomic E-state index is -3.67. The summed E-state index contributed by atoms with van der Waals surface area (Å²) in [6, 6.07) is 19.5. The average Bonchev–Trinajstić information content (AvgIpc) is 3.54. The molecule has 3 saturated carbocycles. The Morgan fingerprint density at radius 3 is 1.40 bits per heavy atom. The van der Waals surface area contributed by atoms with Crippen LogP contribution in [0.25, 0.3) is 22.3 Å². The quantitative estimate of drug-likeness (QED) is 0.0315. The average molecular weight is 1280 g/mol. The summed E-state index contributed by atoms with van der Waals surface area (Å²) in [6.07, 6.45) is 27.4. The van der Waals surface area contributed by atoms with Gasteiger partial charge in [-0.2, -0.15) is 26.3 Å². The molecule has 440 valence electrons. The third kappa shape index (κ3) is 20.2. The zero-order valence-electron chi connectivity index (χ0n) is 48.1. The third-order valence-electron chi connectivity index (χ3n) is 17.7. The molecular formula is C66H87Br2F8KO3. The van der Waals surface area contributed by atoms with Crippen LogP contribution in [-0.4, -0.2) is 25.8 Å². The Morgan fingerprint density at radius 1 is 0.537 bits per heavy atom. The van der Waals surface area contributed by atoms with Crippen LogP contribution >= 0.6 is 31.9 Å². The first-order valence-electron chi connectivity index (χ1n) is 29.7. The van der Waals surface area contributed by atoms with Gasteiger partial charge in [0.2, 0.25) is 11.6 Å². The molecule has 3 nitrogen and oxygen atoms in total. The van der Waals surface area contributed by atoms with Gasteiger partial charge in [-0.1, -0.05) is 188 Å². The van der Waals surface area contributed by atoms with Crippen LogP contribution in [0.1, 0.15) is 199 Å². The number of aryl methyl sites for hydroxylation is 2. The number of allylic oxidation sites excluding steroid dienone is 1. The van der Waals surface area contributed by atoms with E-state index in [2.05, 4.69) is 59.6 Å². The molecule has 0 bridgehead atoms. The molecule has 0 heterocycles. The number of phenolic OH excluding ortho intramolecular Hbond substituents is 1. The maximum absolute atomic E-state index is 15.0. The zero-order chi connectivity index (χ0) is 56.5. The van der Waals surface area contributed by atoms with Crippen molar-refractivity contribution in [1.82, 2.24) is 0 Å². The van der Waals surface area contributed by atoms with Gasteiger partial charge in [0.25, 0.3) is 0 Å². The van der Waals surface area contributed by atoms with Crippen LogP contribution in [0.3, 0.4) is 0 Å². The van der Waals surface area contributed by atoms with Gasteiger partial charge in [-0.25, -0.2) is 8.78 Å². The molecule has 3 fully saturated rings. The summed E-state index contributed by atoms with van der Waals surface area (Å²) in [4.78, 5) is -2.79. The molecule has 4 aromatic carbocycles. The molecular weight excluding hydrogens is 1190 g/mol. The molecule has 4 aromatic rings. The van der Waals surface area contributed by atoms with E-state index >= 15 is 8.78 Å². The molecule has 0 radical (unpaired) electrons. The van der Waals surface area contributed by atoms with Crippen molar-refractivity contribution in [2.45, 2.75) is 216 Å². The van der Waals surface area contributed by atoms with Gasteiger partial charge in [0.1, 0.15) is 0 Å². The molecule has 14 heteroatoms. The largest absolute Gasteiger partial charge is 1.00 e. The Balaban J connectivity index is 0.000000279. The first kappa shape index (κ1) is 70.7. The molecule has 4 aliphatic rings. The van der Waals surface area contributed by atoms with Gasteiger partial charge in [-0.15, -0.1) is 0 Å². The molecule has 0 aliphatic heterocycles. The van der Waals surface area contributed by atoms with Crippen molar-refractivity contribution >= 4 is 31.9 Å². The fourth-order valence-electron chi connectivity index (χ4n) is 12.7. The van der Waals surface area contributed by atoms with Crippen molar-refractivity contribution in [2.24, 2.45) is 35.5 Å². The fourth-order valence-corrected chi connectivity index (χ4v) is 13.6. The van der Waals surface area contributed by atoms with Crippen LogP contribution in [0, 0.1) is 58.8 Å². The normalized spacial score (nSPS) is 23.2. The van der Waals surface area contributed by atoms with E-state index < -0.39 is 50.0 Å². The van der Waals surface area contributed by atoms with Crippen LogP contribution < -0.4 is 56.1 Å². The van der Waals surface area contributed by atoms with Crippen LogP contribution in [0.5, 0.6) is 11.5 Å². The zero-order valence-corrected chi connectivity index (χ0v) is 54.4. The van der Waals surface area contributed by atoms with Crippen molar-refractivity contribution < 1.29 is 102 Å². The second-order valence-corrected chi connectivity index (χ2v) is 25.6. The van der Waals surface area contributed by atoms with E-state index in [1.165, 1.54) is 120 Å². The van der Waals surface area contributed by atoms with Crippen LogP contribution in [0.2, 0.25) is 0 Å². The Morgan fingerprint density at radius 2 is 0.975 bits per heavy atom. The molecule has 8 rings (SSSR count). The van der Waals surface area contributed by atoms with Crippen molar-refractivity contribution in [3.8, 4) is 33.8 Å². The number of alkyl halides is 6. The van der Waals surface area contributed by atoms with Gasteiger partial charge >= 0.3 is 62.3 Å². The second kappa shape index (κ2) is 34.4. The number of phenols is 1. The van der Waals surface area contributed by atoms with Gasteiger partial charge in [-0.05, 0) is 181 Å². The number of halogens is 10. The Labute approximate surface area is 533 Å². The molecule has 0 amide bonds. The smallest absolute Gasteiger partial charge is 0.870 e. The van der Waals surface area contributed by atoms with Crippen LogP contribution in [0.4, 0.5) is 35.1 Å². The predicted molar refractivity (Wildman–Crippen MR) is 313 cm³/mol. The standard InChI is InChI=1S/C33H42F4O.C18H30Br2F2.C15H14F2O.K.H2O/c1-3-5-6-8-24-9-13-25(14-10-24)26-17-19-28(20-18-26)33(36,37)38-30-22-21-29(31(34)32(30)35)27-15-11-23(7-4-2)12-16-27;1-2-3-4-5-14-6-8-15(9-7-14)16-10-12-17(19,13-11-16)18(20,21)22;1-2-3-10-4-6-11(7-5-10)12-8-9-13(18)15(17)14(12)16;;/h11-12,15-16,19,21-22,24-26H,3-10,13-14,17-18,20H2,1-2H3;14-16H,2-13H2,1H3;4-9,18H,2-3H2,1H3;;1H2/q;;;+1;/p-1. The fraction of sp³-hybridized carbons (Fsp3) is 0.606. The molecule has 1 unspecified atom stereocenters. The number of ether oxygens (including phenoxy) is 1. The number of rotatable bonds is 20. The first-order chi connectivity index (χ1) is 37.3. The van der Waals surface area contributed by atoms with Crippen molar-refractivity contribution in [1.29, 1.82) is 0 Å². The van der Waals surface area contributed by atoms with E-state index in [-0.39, 0.29) is 80.0 Å². The van der Waals surface area contributed by atoms with E-state index in [0.29, 0.717) is 54.6 Å². The summed E-state index contributed by atoms with van der Waals surface area (Å²) in [5.74, 6) is -1.95. The summed E-state index contributed by atoms with van der Waals surface area (Å²) >= 11 is 5.89. The summed E-state index contributed by atoms with van der Waals surface area (Å²) in [7, 11) is 0. The van der Waals surface area contributed by atoms with Gasteiger partial charge in [0.15, 0.2) is 23.1 Å². The maximum atomic E-state index is 15.0. The number of hydrogen-bond acceptors (Lipinski definition) is 3. The van der Waals surface area contributed by atoms with E-state index in [4.69, 9.17) is 9.84 Å².